The van der Waals surface area contributed by atoms with Gasteiger partial charge in [0, 0.05) is 34.2 Å². The number of carbonyl (C=O) groups is 3. The van der Waals surface area contributed by atoms with Crippen LogP contribution in [0.1, 0.15) is 53.4 Å². The van der Waals surface area contributed by atoms with Crippen molar-refractivity contribution in [1.29, 1.82) is 0 Å². The number of pyridine rings is 1. The molecule has 16 heteroatoms. The maximum Gasteiger partial charge on any atom is 0.328 e. The van der Waals surface area contributed by atoms with Crippen LogP contribution in [0.4, 0.5) is 19.3 Å². The summed E-state index contributed by atoms with van der Waals surface area (Å²) >= 11 is 6.30. The van der Waals surface area contributed by atoms with E-state index in [2.05, 4.69) is 21.6 Å². The Bertz CT molecular complexity index is 2090. The molecule has 2 N–H and O–H groups in total. The zero-order valence-corrected chi connectivity index (χ0v) is 31.6. The van der Waals surface area contributed by atoms with Crippen LogP contribution >= 0.6 is 11.6 Å². The molecule has 2 aromatic carbocycles. The van der Waals surface area contributed by atoms with Crippen molar-refractivity contribution >= 4 is 55.9 Å². The summed E-state index contributed by atoms with van der Waals surface area (Å²) in [6.45, 7) is 10.5. The number of nitrogens with one attached hydrogen (secondary N) is 2. The second kappa shape index (κ2) is 14.0. The number of urea groups is 1. The first-order chi connectivity index (χ1) is 24.9. The minimum absolute atomic E-state index is 0.0392. The Morgan fingerprint density at radius 3 is 2.51 bits per heavy atom. The fourth-order valence-electron chi connectivity index (χ4n) is 6.90. The Balaban J connectivity index is 1.37. The van der Waals surface area contributed by atoms with Crippen LogP contribution in [0.2, 0.25) is 5.02 Å². The van der Waals surface area contributed by atoms with Crippen molar-refractivity contribution in [1.82, 2.24) is 19.5 Å². The van der Waals surface area contributed by atoms with E-state index in [4.69, 9.17) is 21.1 Å². The van der Waals surface area contributed by atoms with Crippen LogP contribution in [0.15, 0.2) is 55.3 Å². The molecule has 1 saturated heterocycles. The largest absolute Gasteiger partial charge is 0.494 e. The first kappa shape index (κ1) is 38.2. The zero-order valence-electron chi connectivity index (χ0n) is 30.0. The molecule has 1 aliphatic heterocycles. The minimum Gasteiger partial charge on any atom is -0.494 e. The monoisotopic (exact) mass is 773 g/mol. The average Bonchev–Trinajstić information content (AvgIpc) is 4.02. The van der Waals surface area contributed by atoms with Gasteiger partial charge in [0.2, 0.25) is 15.9 Å². The Morgan fingerprint density at radius 2 is 1.89 bits per heavy atom. The summed E-state index contributed by atoms with van der Waals surface area (Å²) in [4.78, 5) is 50.6. The maximum atomic E-state index is 15.0. The minimum atomic E-state index is -4.10. The summed E-state index contributed by atoms with van der Waals surface area (Å²) in [5.41, 5.74) is -3.36. The highest BCUT2D eigenvalue weighted by Gasteiger charge is 2.68. The number of fused-ring (bicyclic) bond motifs is 1. The third kappa shape index (κ3) is 7.25. The van der Waals surface area contributed by atoms with E-state index in [0.29, 0.717) is 40.8 Å². The highest BCUT2D eigenvalue weighted by atomic mass is 35.5. The van der Waals surface area contributed by atoms with Gasteiger partial charge < -0.3 is 19.7 Å². The summed E-state index contributed by atoms with van der Waals surface area (Å²) in [5, 5.41) is 3.73. The average molecular weight is 774 g/mol. The molecule has 0 bridgehead atoms. The molecule has 6 rings (SSSR count). The van der Waals surface area contributed by atoms with E-state index in [1.54, 1.807) is 45.9 Å². The summed E-state index contributed by atoms with van der Waals surface area (Å²) in [5.74, 6) is -4.44. The molecule has 2 heterocycles. The van der Waals surface area contributed by atoms with Crippen molar-refractivity contribution in [2.45, 2.75) is 82.4 Å². The molecule has 5 atom stereocenters. The molecule has 1 unspecified atom stereocenters. The highest BCUT2D eigenvalue weighted by Crippen LogP contribution is 2.52. The zero-order chi connectivity index (χ0) is 38.6. The van der Waals surface area contributed by atoms with Gasteiger partial charge in [-0.2, -0.15) is 0 Å². The second-order valence-electron chi connectivity index (χ2n) is 14.9. The number of benzene rings is 2. The number of ether oxygens (including phenoxy) is 2. The van der Waals surface area contributed by atoms with E-state index in [-0.39, 0.29) is 24.5 Å². The lowest BCUT2D eigenvalue weighted by molar-refractivity contribution is -0.141. The molecule has 2 aliphatic carbocycles. The molecule has 4 amide bonds. The number of likely N-dealkylation sites (tertiary alicyclic amines) is 1. The number of hydrogen-bond acceptors (Lipinski definition) is 9. The number of sulfonamides is 1. The molecule has 3 fully saturated rings. The lowest BCUT2D eigenvalue weighted by Crippen LogP contribution is -2.64. The number of halogens is 3. The summed E-state index contributed by atoms with van der Waals surface area (Å²) in [6, 6.07) is 5.79. The number of nitrogens with zero attached hydrogens (tertiary/aromatic N) is 3. The maximum absolute atomic E-state index is 15.0. The molecule has 2 saturated carbocycles. The number of aromatic nitrogens is 1. The van der Waals surface area contributed by atoms with E-state index in [1.807, 2.05) is 0 Å². The van der Waals surface area contributed by atoms with Crippen LogP contribution < -0.4 is 19.5 Å². The first-order valence-corrected chi connectivity index (χ1v) is 19.2. The standard InChI is InChI=1S/C37H42ClF2N5O7S/c1-7-21-17-37(21,34(47)43-53(49,50)24-12-13-24)45(33(46)31(36(3,4)5)42-28-10-8-9-27(39)30(28)40)35(48)44-19-23(15-20(44)2)52-32-26-16-22(38)11-14-25(26)29(51-6)18-41-32/h7-11,14,16,18,20-21,23-24,31,42H,1,12-13,15,17,19H2,2-6H3,(H,43,47)/t20?,21-,23-,31+,37-/m1/s1. The SMILES string of the molecule is C=C[C@@H]1C[C@@]1(C(=O)NS(=O)(=O)C1CC1)N(C(=O)[C@H](Nc1cccc(F)c1F)C(C)(C)C)C(=O)N1C[C@H](Oc2ncc(OC)c3ccc(Cl)cc23)CC1C. The summed E-state index contributed by atoms with van der Waals surface area (Å²) in [7, 11) is -2.59. The Labute approximate surface area is 311 Å². The fraction of sp³-hybridized carbons (Fsp3) is 0.459. The van der Waals surface area contributed by atoms with Crippen LogP contribution in [-0.2, 0) is 19.6 Å². The lowest BCUT2D eigenvalue weighted by Gasteiger charge is -2.40. The van der Waals surface area contributed by atoms with Crippen LogP contribution in [0.5, 0.6) is 11.6 Å². The molecule has 12 nitrogen and oxygen atoms in total. The quantitative estimate of drug-likeness (QED) is 0.223. The van der Waals surface area contributed by atoms with Gasteiger partial charge in [-0.25, -0.2) is 31.9 Å². The van der Waals surface area contributed by atoms with Gasteiger partial charge >= 0.3 is 6.03 Å². The molecule has 284 valence electrons. The topological polar surface area (TPSA) is 147 Å². The number of amides is 4. The first-order valence-electron chi connectivity index (χ1n) is 17.3. The Morgan fingerprint density at radius 1 is 1.17 bits per heavy atom. The molecule has 1 aromatic heterocycles. The molecular weight excluding hydrogens is 732 g/mol. The Kier molecular flexibility index (Phi) is 10.1. The third-order valence-electron chi connectivity index (χ3n) is 10.1. The van der Waals surface area contributed by atoms with E-state index in [0.717, 1.165) is 11.0 Å². The van der Waals surface area contributed by atoms with Gasteiger partial charge in [0.15, 0.2) is 11.6 Å². The lowest BCUT2D eigenvalue weighted by atomic mass is 9.85. The number of anilines is 1. The molecule has 0 spiro atoms. The fourth-order valence-corrected chi connectivity index (χ4v) is 8.44. The van der Waals surface area contributed by atoms with E-state index >= 15 is 0 Å². The number of methoxy groups -OCH3 is 1. The molecular formula is C37H42ClF2N5O7S. The van der Waals surface area contributed by atoms with Gasteiger partial charge in [0.25, 0.3) is 11.8 Å². The van der Waals surface area contributed by atoms with Crippen LogP contribution in [0.3, 0.4) is 0 Å². The van der Waals surface area contributed by atoms with Crippen molar-refractivity contribution in [3.63, 3.8) is 0 Å². The van der Waals surface area contributed by atoms with Gasteiger partial charge in [-0.05, 0) is 61.9 Å². The van der Waals surface area contributed by atoms with Gasteiger partial charge in [0.1, 0.15) is 23.4 Å². The Hall–Kier alpha value is -4.50. The van der Waals surface area contributed by atoms with Gasteiger partial charge in [-0.1, -0.05) is 44.5 Å². The van der Waals surface area contributed by atoms with E-state index < -0.39 is 79.8 Å². The summed E-state index contributed by atoms with van der Waals surface area (Å²) in [6.07, 6.45) is 3.22. The van der Waals surface area contributed by atoms with Crippen molar-refractivity contribution in [3.05, 3.63) is 71.9 Å². The second-order valence-corrected chi connectivity index (χ2v) is 17.3. The normalized spacial score (nSPS) is 23.2. The predicted molar refractivity (Wildman–Crippen MR) is 195 cm³/mol. The molecule has 3 aliphatic rings. The number of hydrogen-bond donors (Lipinski definition) is 2. The van der Waals surface area contributed by atoms with Gasteiger partial charge in [-0.3, -0.25) is 14.3 Å². The van der Waals surface area contributed by atoms with Crippen molar-refractivity contribution in [2.24, 2.45) is 11.3 Å². The number of imide groups is 1. The van der Waals surface area contributed by atoms with Crippen LogP contribution in [0.25, 0.3) is 10.8 Å². The molecule has 0 radical (unpaired) electrons. The van der Waals surface area contributed by atoms with Gasteiger partial charge in [0.05, 0.1) is 30.8 Å². The van der Waals surface area contributed by atoms with Crippen molar-refractivity contribution in [2.75, 3.05) is 19.0 Å². The van der Waals surface area contributed by atoms with E-state index in [9.17, 15) is 31.6 Å². The van der Waals surface area contributed by atoms with Gasteiger partial charge in [-0.15, -0.1) is 6.58 Å². The molecule has 53 heavy (non-hydrogen) atoms. The summed E-state index contributed by atoms with van der Waals surface area (Å²) < 4.78 is 69.3. The van der Waals surface area contributed by atoms with Crippen LogP contribution in [0, 0.1) is 23.0 Å². The molecule has 3 aromatic rings. The smallest absolute Gasteiger partial charge is 0.328 e. The number of rotatable bonds is 11. The van der Waals surface area contributed by atoms with Crippen LogP contribution in [-0.4, -0.2) is 83.7 Å². The van der Waals surface area contributed by atoms with Crippen molar-refractivity contribution < 1.29 is 41.1 Å². The number of carbonyl (C=O) groups excluding carboxylic acids is 3. The van der Waals surface area contributed by atoms with E-state index in [1.165, 1.54) is 36.4 Å². The predicted octanol–water partition coefficient (Wildman–Crippen LogP) is 6.05. The third-order valence-corrected chi connectivity index (χ3v) is 12.1. The highest BCUT2D eigenvalue weighted by molar-refractivity contribution is 7.91. The van der Waals surface area contributed by atoms with Crippen molar-refractivity contribution in [3.8, 4) is 11.6 Å².